The number of nitrogens with two attached hydrogens (primary N) is 1. The summed E-state index contributed by atoms with van der Waals surface area (Å²) in [5, 5.41) is 0.0723. The van der Waals surface area contributed by atoms with Crippen LogP contribution in [0.15, 0.2) is 12.1 Å². The summed E-state index contributed by atoms with van der Waals surface area (Å²) < 4.78 is 12.7. The predicted molar refractivity (Wildman–Crippen MR) is 51.9 cm³/mol. The summed E-state index contributed by atoms with van der Waals surface area (Å²) in [6, 6.07) is 3.17. The number of halogens is 2. The van der Waals surface area contributed by atoms with E-state index in [2.05, 4.69) is 0 Å². The molecule has 0 aliphatic carbocycles. The van der Waals surface area contributed by atoms with Gasteiger partial charge in [-0.1, -0.05) is 31.5 Å². The molecule has 0 aliphatic heterocycles. The highest BCUT2D eigenvalue weighted by Gasteiger charge is 2.04. The summed E-state index contributed by atoms with van der Waals surface area (Å²) in [4.78, 5) is 0. The molecule has 0 radical (unpaired) electrons. The van der Waals surface area contributed by atoms with Crippen LogP contribution in [0.5, 0.6) is 0 Å². The van der Waals surface area contributed by atoms with E-state index in [9.17, 15) is 4.39 Å². The van der Waals surface area contributed by atoms with Gasteiger partial charge < -0.3 is 5.73 Å². The summed E-state index contributed by atoms with van der Waals surface area (Å²) >= 11 is 5.43. The minimum Gasteiger partial charge on any atom is -0.396 e. The zero-order valence-electron chi connectivity index (χ0n) is 7.49. The van der Waals surface area contributed by atoms with Crippen LogP contribution >= 0.6 is 11.6 Å². The number of benzene rings is 1. The largest absolute Gasteiger partial charge is 0.396 e. The normalized spacial score (nSPS) is 8.75. The molecule has 1 rings (SSSR count). The maximum atomic E-state index is 12.7. The lowest BCUT2D eigenvalue weighted by Crippen LogP contribution is -1.93. The molecule has 0 unspecified atom stereocenters. The van der Waals surface area contributed by atoms with Crippen LogP contribution in [0.2, 0.25) is 5.02 Å². The van der Waals surface area contributed by atoms with Gasteiger partial charge >= 0.3 is 0 Å². The zero-order valence-corrected chi connectivity index (χ0v) is 8.24. The van der Waals surface area contributed by atoms with Crippen molar-refractivity contribution in [2.24, 2.45) is 0 Å². The molecule has 1 nitrogen and oxygen atoms in total. The molecule has 0 bridgehead atoms. The van der Waals surface area contributed by atoms with Gasteiger partial charge in [0.1, 0.15) is 0 Å². The molecule has 68 valence electrons. The van der Waals surface area contributed by atoms with E-state index in [4.69, 9.17) is 17.3 Å². The van der Waals surface area contributed by atoms with E-state index in [1.165, 1.54) is 6.07 Å². The van der Waals surface area contributed by atoms with Crippen LogP contribution in [0.3, 0.4) is 0 Å². The van der Waals surface area contributed by atoms with Gasteiger partial charge in [-0.2, -0.15) is 0 Å². The van der Waals surface area contributed by atoms with Crippen molar-refractivity contribution in [3.8, 4) is 0 Å². The highest BCUT2D eigenvalue weighted by Crippen LogP contribution is 2.22. The molecule has 2 N–H and O–H groups in total. The van der Waals surface area contributed by atoms with E-state index < -0.39 is 5.82 Å². The van der Waals surface area contributed by atoms with Gasteiger partial charge in [-0.25, -0.2) is 4.39 Å². The van der Waals surface area contributed by atoms with Crippen molar-refractivity contribution >= 4 is 17.3 Å². The Kier molecular flexibility index (Phi) is 4.67. The zero-order chi connectivity index (χ0) is 9.72. The minimum absolute atomic E-state index is 0.0723. The van der Waals surface area contributed by atoms with E-state index in [1.807, 2.05) is 13.8 Å². The van der Waals surface area contributed by atoms with Crippen LogP contribution in [0, 0.1) is 12.7 Å². The molecular formula is C9H13ClFN. The van der Waals surface area contributed by atoms with Gasteiger partial charge in [0.05, 0.1) is 10.7 Å². The summed E-state index contributed by atoms with van der Waals surface area (Å²) in [7, 11) is 0. The monoisotopic (exact) mass is 189 g/mol. The molecule has 12 heavy (non-hydrogen) atoms. The SMILES string of the molecule is CC.Cc1ccc(Cl)c(F)c1N. The molecule has 1 aromatic carbocycles. The van der Waals surface area contributed by atoms with Gasteiger partial charge in [0, 0.05) is 0 Å². The van der Waals surface area contributed by atoms with Crippen molar-refractivity contribution in [2.45, 2.75) is 20.8 Å². The second kappa shape index (κ2) is 4.99. The first-order chi connectivity index (χ1) is 5.63. The maximum absolute atomic E-state index is 12.7. The van der Waals surface area contributed by atoms with Crippen LogP contribution in [-0.2, 0) is 0 Å². The van der Waals surface area contributed by atoms with Crippen LogP contribution in [0.25, 0.3) is 0 Å². The third-order valence-electron chi connectivity index (χ3n) is 1.35. The van der Waals surface area contributed by atoms with Crippen LogP contribution in [0.1, 0.15) is 19.4 Å². The van der Waals surface area contributed by atoms with Crippen molar-refractivity contribution in [3.05, 3.63) is 28.5 Å². The molecule has 3 heteroatoms. The number of aryl methyl sites for hydroxylation is 1. The Morgan fingerprint density at radius 1 is 1.33 bits per heavy atom. The Labute approximate surface area is 77.3 Å². The van der Waals surface area contributed by atoms with Crippen molar-refractivity contribution in [3.63, 3.8) is 0 Å². The molecule has 0 spiro atoms. The van der Waals surface area contributed by atoms with Crippen LogP contribution < -0.4 is 5.73 Å². The van der Waals surface area contributed by atoms with Gasteiger partial charge in [0.25, 0.3) is 0 Å². The molecule has 0 saturated heterocycles. The van der Waals surface area contributed by atoms with E-state index >= 15 is 0 Å². The lowest BCUT2D eigenvalue weighted by Gasteiger charge is -2.00. The van der Waals surface area contributed by atoms with Crippen molar-refractivity contribution in [2.75, 3.05) is 5.73 Å². The Hall–Kier alpha value is -0.760. The van der Waals surface area contributed by atoms with E-state index in [0.29, 0.717) is 5.56 Å². The van der Waals surface area contributed by atoms with Gasteiger partial charge in [-0.15, -0.1) is 0 Å². The second-order valence-electron chi connectivity index (χ2n) is 2.09. The number of nitrogen functional groups attached to an aromatic ring is 1. The second-order valence-corrected chi connectivity index (χ2v) is 2.50. The molecule has 0 amide bonds. The summed E-state index contributed by atoms with van der Waals surface area (Å²) in [5.74, 6) is -0.526. The first kappa shape index (κ1) is 11.2. The fraction of sp³-hybridized carbons (Fsp3) is 0.333. The first-order valence-electron chi connectivity index (χ1n) is 3.83. The number of anilines is 1. The topological polar surface area (TPSA) is 26.0 Å². The predicted octanol–water partition coefficient (Wildman–Crippen LogP) is 3.40. The van der Waals surface area contributed by atoms with Crippen molar-refractivity contribution in [1.29, 1.82) is 0 Å². The van der Waals surface area contributed by atoms with E-state index in [0.717, 1.165) is 0 Å². The minimum atomic E-state index is -0.526. The van der Waals surface area contributed by atoms with Gasteiger partial charge in [-0.3, -0.25) is 0 Å². The Bertz CT molecular complexity index is 234. The molecule has 0 aromatic heterocycles. The molecule has 0 fully saturated rings. The third-order valence-corrected chi connectivity index (χ3v) is 1.64. The molecule has 0 heterocycles. The summed E-state index contributed by atoms with van der Waals surface area (Å²) in [6.07, 6.45) is 0. The standard InChI is InChI=1S/C7H7ClFN.C2H6/c1-4-2-3-5(8)6(9)7(4)10;1-2/h2-3H,10H2,1H3;1-2H3. The Balaban J connectivity index is 0.000000561. The number of hydrogen-bond acceptors (Lipinski definition) is 1. The van der Waals surface area contributed by atoms with Crippen molar-refractivity contribution < 1.29 is 4.39 Å². The number of rotatable bonds is 0. The average Bonchev–Trinajstić information content (AvgIpc) is 2.12. The fourth-order valence-corrected chi connectivity index (χ4v) is 0.828. The fourth-order valence-electron chi connectivity index (χ4n) is 0.663. The van der Waals surface area contributed by atoms with E-state index in [1.54, 1.807) is 13.0 Å². The Morgan fingerprint density at radius 2 is 1.83 bits per heavy atom. The maximum Gasteiger partial charge on any atom is 0.164 e. The molecule has 1 aromatic rings. The highest BCUT2D eigenvalue weighted by molar-refractivity contribution is 6.31. The molecule has 0 aliphatic rings. The van der Waals surface area contributed by atoms with Gasteiger partial charge in [0.15, 0.2) is 5.82 Å². The summed E-state index contributed by atoms with van der Waals surface area (Å²) in [6.45, 7) is 5.73. The lowest BCUT2D eigenvalue weighted by molar-refractivity contribution is 0.632. The smallest absolute Gasteiger partial charge is 0.164 e. The highest BCUT2D eigenvalue weighted by atomic mass is 35.5. The van der Waals surface area contributed by atoms with Gasteiger partial charge in [0.2, 0.25) is 0 Å². The van der Waals surface area contributed by atoms with Crippen molar-refractivity contribution in [1.82, 2.24) is 0 Å². The Morgan fingerprint density at radius 3 is 2.25 bits per heavy atom. The summed E-state index contributed by atoms with van der Waals surface area (Å²) in [5.41, 5.74) is 6.17. The molecule has 0 atom stereocenters. The lowest BCUT2D eigenvalue weighted by atomic mass is 10.2. The third kappa shape index (κ3) is 2.38. The van der Waals surface area contributed by atoms with Crippen LogP contribution in [-0.4, -0.2) is 0 Å². The quantitative estimate of drug-likeness (QED) is 0.622. The molecule has 0 saturated carbocycles. The van der Waals surface area contributed by atoms with E-state index in [-0.39, 0.29) is 10.7 Å². The first-order valence-corrected chi connectivity index (χ1v) is 4.21. The van der Waals surface area contributed by atoms with Crippen LogP contribution in [0.4, 0.5) is 10.1 Å². The molecular weight excluding hydrogens is 177 g/mol. The van der Waals surface area contributed by atoms with Gasteiger partial charge in [-0.05, 0) is 18.6 Å². The average molecular weight is 190 g/mol. The number of hydrogen-bond donors (Lipinski definition) is 1.